The Balaban J connectivity index is 2.28. The van der Waals surface area contributed by atoms with E-state index in [0.29, 0.717) is 4.47 Å². The van der Waals surface area contributed by atoms with E-state index in [2.05, 4.69) is 15.9 Å². The molecule has 20 heavy (non-hydrogen) atoms. The minimum Gasteiger partial charge on any atom is -0.465 e. The second-order valence-corrected chi connectivity index (χ2v) is 7.34. The van der Waals surface area contributed by atoms with Gasteiger partial charge in [0.05, 0.1) is 4.90 Å². The van der Waals surface area contributed by atoms with E-state index in [1.165, 1.54) is 15.3 Å². The zero-order chi connectivity index (χ0) is 14.9. The number of piperazine rings is 1. The van der Waals surface area contributed by atoms with Gasteiger partial charge in [0.25, 0.3) is 0 Å². The summed E-state index contributed by atoms with van der Waals surface area (Å²) in [6.07, 6.45) is -1.02. The molecule has 1 saturated heterocycles. The summed E-state index contributed by atoms with van der Waals surface area (Å²) < 4.78 is 27.1. The van der Waals surface area contributed by atoms with Gasteiger partial charge >= 0.3 is 6.09 Å². The lowest BCUT2D eigenvalue weighted by Crippen LogP contribution is -2.55. The Hall–Kier alpha value is -1.12. The van der Waals surface area contributed by atoms with Crippen LogP contribution in [-0.2, 0) is 10.0 Å². The third-order valence-corrected chi connectivity index (χ3v) is 6.29. The molecule has 1 atom stereocenters. The second kappa shape index (κ2) is 5.71. The van der Waals surface area contributed by atoms with Gasteiger partial charge in [0.15, 0.2) is 0 Å². The van der Waals surface area contributed by atoms with E-state index in [4.69, 9.17) is 5.11 Å². The van der Waals surface area contributed by atoms with Crippen molar-refractivity contribution < 1.29 is 18.3 Å². The van der Waals surface area contributed by atoms with Crippen LogP contribution >= 0.6 is 15.9 Å². The van der Waals surface area contributed by atoms with Gasteiger partial charge in [0.1, 0.15) is 0 Å². The van der Waals surface area contributed by atoms with Crippen molar-refractivity contribution in [1.29, 1.82) is 0 Å². The first-order valence-electron chi connectivity index (χ1n) is 6.08. The second-order valence-electron chi connectivity index (χ2n) is 4.62. The van der Waals surface area contributed by atoms with E-state index >= 15 is 0 Å². The fourth-order valence-electron chi connectivity index (χ4n) is 2.25. The predicted molar refractivity (Wildman–Crippen MR) is 77.1 cm³/mol. The molecule has 1 aromatic rings. The van der Waals surface area contributed by atoms with Gasteiger partial charge in [-0.05, 0) is 35.0 Å². The van der Waals surface area contributed by atoms with E-state index < -0.39 is 22.2 Å². The number of sulfonamides is 1. The number of halogens is 1. The van der Waals surface area contributed by atoms with Gasteiger partial charge in [0.2, 0.25) is 10.0 Å². The summed E-state index contributed by atoms with van der Waals surface area (Å²) in [5, 5.41) is 8.96. The normalized spacial score (nSPS) is 20.9. The molecule has 1 N–H and O–H groups in total. The molecule has 0 aromatic heterocycles. The number of amides is 1. The molecule has 0 radical (unpaired) electrons. The highest BCUT2D eigenvalue weighted by Crippen LogP contribution is 2.27. The van der Waals surface area contributed by atoms with Crippen LogP contribution in [0.15, 0.2) is 33.6 Å². The van der Waals surface area contributed by atoms with Crippen molar-refractivity contribution in [2.24, 2.45) is 0 Å². The Morgan fingerprint density at radius 2 is 2.00 bits per heavy atom. The summed E-state index contributed by atoms with van der Waals surface area (Å²) in [4.78, 5) is 12.4. The minimum atomic E-state index is -3.62. The molecular weight excluding hydrogens is 348 g/mol. The van der Waals surface area contributed by atoms with Crippen LogP contribution in [0, 0.1) is 0 Å². The van der Waals surface area contributed by atoms with Crippen LogP contribution in [-0.4, -0.2) is 54.5 Å². The topological polar surface area (TPSA) is 77.9 Å². The molecule has 0 spiro atoms. The Labute approximate surface area is 126 Å². The number of hydrogen-bond acceptors (Lipinski definition) is 3. The molecule has 1 heterocycles. The average Bonchev–Trinajstić information content (AvgIpc) is 2.38. The van der Waals surface area contributed by atoms with Crippen molar-refractivity contribution in [3.8, 4) is 0 Å². The molecule has 8 heteroatoms. The summed E-state index contributed by atoms with van der Waals surface area (Å²) >= 11 is 3.24. The van der Waals surface area contributed by atoms with Crippen LogP contribution in [0.4, 0.5) is 4.79 Å². The number of hydrogen-bond donors (Lipinski definition) is 1. The SMILES string of the molecule is C[C@@H]1CN(C(=O)O)CCN1S(=O)(=O)c1ccccc1Br. The molecule has 0 saturated carbocycles. The smallest absolute Gasteiger partial charge is 0.407 e. The first kappa shape index (κ1) is 15.3. The van der Waals surface area contributed by atoms with Crippen molar-refractivity contribution in [3.63, 3.8) is 0 Å². The number of rotatable bonds is 2. The fourth-order valence-corrected chi connectivity index (χ4v) is 4.83. The zero-order valence-electron chi connectivity index (χ0n) is 10.9. The van der Waals surface area contributed by atoms with E-state index in [1.54, 1.807) is 25.1 Å². The Kier molecular flexibility index (Phi) is 4.36. The summed E-state index contributed by atoms with van der Waals surface area (Å²) in [5.74, 6) is 0. The first-order valence-corrected chi connectivity index (χ1v) is 8.31. The molecule has 0 bridgehead atoms. The Morgan fingerprint density at radius 3 is 2.55 bits per heavy atom. The molecule has 0 unspecified atom stereocenters. The van der Waals surface area contributed by atoms with Gasteiger partial charge in [0, 0.05) is 30.1 Å². The highest BCUT2D eigenvalue weighted by atomic mass is 79.9. The van der Waals surface area contributed by atoms with Gasteiger partial charge in [-0.25, -0.2) is 13.2 Å². The predicted octanol–water partition coefficient (Wildman–Crippen LogP) is 1.82. The van der Waals surface area contributed by atoms with Crippen LogP contribution < -0.4 is 0 Å². The van der Waals surface area contributed by atoms with Gasteiger partial charge in [-0.3, -0.25) is 0 Å². The monoisotopic (exact) mass is 362 g/mol. The van der Waals surface area contributed by atoms with Crippen molar-refractivity contribution in [1.82, 2.24) is 9.21 Å². The third kappa shape index (κ3) is 2.82. The van der Waals surface area contributed by atoms with E-state index in [1.807, 2.05) is 0 Å². The van der Waals surface area contributed by atoms with Crippen LogP contribution in [0.1, 0.15) is 6.92 Å². The average molecular weight is 363 g/mol. The first-order chi connectivity index (χ1) is 9.34. The summed E-state index contributed by atoms with van der Waals surface area (Å²) in [6.45, 7) is 2.24. The summed E-state index contributed by atoms with van der Waals surface area (Å²) in [7, 11) is -3.62. The molecule has 1 aromatic carbocycles. The number of benzene rings is 1. The van der Waals surface area contributed by atoms with Crippen LogP contribution in [0.3, 0.4) is 0 Å². The standard InChI is InChI=1S/C12H15BrN2O4S/c1-9-8-14(12(16)17)6-7-15(9)20(18,19)11-5-3-2-4-10(11)13/h2-5,9H,6-8H2,1H3,(H,16,17)/t9-/m1/s1. The Morgan fingerprint density at radius 1 is 1.35 bits per heavy atom. The van der Waals surface area contributed by atoms with Crippen LogP contribution in [0.25, 0.3) is 0 Å². The van der Waals surface area contributed by atoms with Crippen molar-refractivity contribution in [2.45, 2.75) is 17.9 Å². The third-order valence-electron chi connectivity index (χ3n) is 3.26. The molecule has 6 nitrogen and oxygen atoms in total. The van der Waals surface area contributed by atoms with Crippen molar-refractivity contribution >= 4 is 32.0 Å². The molecule has 1 fully saturated rings. The van der Waals surface area contributed by atoms with Crippen LogP contribution in [0.2, 0.25) is 0 Å². The molecule has 1 aliphatic heterocycles. The van der Waals surface area contributed by atoms with Crippen molar-refractivity contribution in [3.05, 3.63) is 28.7 Å². The maximum absolute atomic E-state index is 12.6. The lowest BCUT2D eigenvalue weighted by Gasteiger charge is -2.37. The lowest BCUT2D eigenvalue weighted by atomic mass is 10.2. The molecule has 110 valence electrons. The molecule has 0 aliphatic carbocycles. The maximum Gasteiger partial charge on any atom is 0.407 e. The number of nitrogens with zero attached hydrogens (tertiary/aromatic N) is 2. The molecule has 1 amide bonds. The van der Waals surface area contributed by atoms with E-state index in [-0.39, 0.29) is 24.5 Å². The highest BCUT2D eigenvalue weighted by molar-refractivity contribution is 9.10. The fraction of sp³-hybridized carbons (Fsp3) is 0.417. The van der Waals surface area contributed by atoms with Gasteiger partial charge in [-0.15, -0.1) is 0 Å². The van der Waals surface area contributed by atoms with Gasteiger partial charge in [-0.1, -0.05) is 12.1 Å². The quantitative estimate of drug-likeness (QED) is 0.870. The summed E-state index contributed by atoms with van der Waals surface area (Å²) in [6, 6.07) is 6.22. The molecule has 1 aliphatic rings. The largest absolute Gasteiger partial charge is 0.465 e. The van der Waals surface area contributed by atoms with E-state index in [0.717, 1.165) is 0 Å². The Bertz CT molecular complexity index is 620. The van der Waals surface area contributed by atoms with Gasteiger partial charge < -0.3 is 10.0 Å². The highest BCUT2D eigenvalue weighted by Gasteiger charge is 2.35. The lowest BCUT2D eigenvalue weighted by molar-refractivity contribution is 0.109. The number of carbonyl (C=O) groups is 1. The van der Waals surface area contributed by atoms with Gasteiger partial charge in [-0.2, -0.15) is 4.31 Å². The minimum absolute atomic E-state index is 0.164. The molecular formula is C12H15BrN2O4S. The van der Waals surface area contributed by atoms with Crippen molar-refractivity contribution in [2.75, 3.05) is 19.6 Å². The molecule has 2 rings (SSSR count). The van der Waals surface area contributed by atoms with Crippen LogP contribution in [0.5, 0.6) is 0 Å². The number of carboxylic acid groups (broad SMARTS) is 1. The van der Waals surface area contributed by atoms with E-state index in [9.17, 15) is 13.2 Å². The zero-order valence-corrected chi connectivity index (χ0v) is 13.3. The summed E-state index contributed by atoms with van der Waals surface area (Å²) in [5.41, 5.74) is 0. The maximum atomic E-state index is 12.6.